The summed E-state index contributed by atoms with van der Waals surface area (Å²) in [5.74, 6) is 0.605. The van der Waals surface area contributed by atoms with Crippen LogP contribution in [0.5, 0.6) is 0 Å². The fourth-order valence-electron chi connectivity index (χ4n) is 1.51. The van der Waals surface area contributed by atoms with Gasteiger partial charge in [0.05, 0.1) is 0 Å². The molecule has 0 bridgehead atoms. The minimum absolute atomic E-state index is 0.205. The summed E-state index contributed by atoms with van der Waals surface area (Å²) in [7, 11) is 0. The van der Waals surface area contributed by atoms with Crippen molar-refractivity contribution in [2.75, 3.05) is 19.6 Å². The Morgan fingerprint density at radius 1 is 1.21 bits per heavy atom. The van der Waals surface area contributed by atoms with Crippen molar-refractivity contribution in [3.05, 3.63) is 0 Å². The summed E-state index contributed by atoms with van der Waals surface area (Å²) < 4.78 is 0. The molecule has 2 nitrogen and oxygen atoms in total. The highest BCUT2D eigenvalue weighted by atomic mass is 16.1. The van der Waals surface area contributed by atoms with E-state index in [0.29, 0.717) is 5.78 Å². The minimum atomic E-state index is 0.205. The summed E-state index contributed by atoms with van der Waals surface area (Å²) in [5, 5.41) is 0. The van der Waals surface area contributed by atoms with Crippen molar-refractivity contribution in [3.63, 3.8) is 0 Å². The molecule has 0 aromatic carbocycles. The third-order valence-electron chi connectivity index (χ3n) is 2.53. The first-order valence-electron chi connectivity index (χ1n) is 5.86. The highest BCUT2D eigenvalue weighted by Crippen LogP contribution is 2.03. The molecule has 0 heterocycles. The molecule has 0 aromatic rings. The Balaban J connectivity index is 3.55. The van der Waals surface area contributed by atoms with Crippen molar-refractivity contribution in [2.24, 2.45) is 5.92 Å². The van der Waals surface area contributed by atoms with Crippen LogP contribution in [0.4, 0.5) is 0 Å². The van der Waals surface area contributed by atoms with Crippen LogP contribution in [0.3, 0.4) is 0 Å². The van der Waals surface area contributed by atoms with Gasteiger partial charge in [-0.25, -0.2) is 0 Å². The van der Waals surface area contributed by atoms with E-state index in [4.69, 9.17) is 0 Å². The predicted octanol–water partition coefficient (Wildman–Crippen LogP) is 2.72. The summed E-state index contributed by atoms with van der Waals surface area (Å²) in [4.78, 5) is 13.8. The fourth-order valence-corrected chi connectivity index (χ4v) is 1.51. The maximum absolute atomic E-state index is 11.4. The molecule has 0 rings (SSSR count). The molecule has 0 atom stereocenters. The molecular weight excluding hydrogens is 174 g/mol. The smallest absolute Gasteiger partial charge is 0.135 e. The summed E-state index contributed by atoms with van der Waals surface area (Å²) in [5.41, 5.74) is 0. The molecule has 2 heteroatoms. The monoisotopic (exact) mass is 199 g/mol. The van der Waals surface area contributed by atoms with Gasteiger partial charge in [-0.1, -0.05) is 27.7 Å². The zero-order valence-electron chi connectivity index (χ0n) is 10.2. The summed E-state index contributed by atoms with van der Waals surface area (Å²) in [6.07, 6.45) is 2.97. The van der Waals surface area contributed by atoms with Crippen LogP contribution in [-0.2, 0) is 4.79 Å². The van der Waals surface area contributed by atoms with E-state index in [1.54, 1.807) is 0 Å². The van der Waals surface area contributed by atoms with Crippen LogP contribution in [-0.4, -0.2) is 30.3 Å². The van der Waals surface area contributed by atoms with Gasteiger partial charge in [-0.05, 0) is 32.5 Å². The average Bonchev–Trinajstić information content (AvgIpc) is 2.16. The average molecular weight is 199 g/mol. The quantitative estimate of drug-likeness (QED) is 0.599. The van der Waals surface area contributed by atoms with Crippen LogP contribution >= 0.6 is 0 Å². The first-order valence-corrected chi connectivity index (χ1v) is 5.86. The topological polar surface area (TPSA) is 20.3 Å². The van der Waals surface area contributed by atoms with Gasteiger partial charge in [0.1, 0.15) is 5.78 Å². The van der Waals surface area contributed by atoms with Crippen molar-refractivity contribution in [1.29, 1.82) is 0 Å². The van der Waals surface area contributed by atoms with Crippen LogP contribution in [0.2, 0.25) is 0 Å². The van der Waals surface area contributed by atoms with E-state index < -0.39 is 0 Å². The van der Waals surface area contributed by atoms with Crippen LogP contribution < -0.4 is 0 Å². The molecule has 0 aliphatic carbocycles. The SMILES string of the molecule is CCCN(CC)CCCC(=O)C(C)C. The van der Waals surface area contributed by atoms with Gasteiger partial charge < -0.3 is 4.90 Å². The lowest BCUT2D eigenvalue weighted by Crippen LogP contribution is -2.26. The van der Waals surface area contributed by atoms with E-state index in [9.17, 15) is 4.79 Å². The zero-order chi connectivity index (χ0) is 11.0. The van der Waals surface area contributed by atoms with Gasteiger partial charge in [-0.15, -0.1) is 0 Å². The van der Waals surface area contributed by atoms with Crippen molar-refractivity contribution in [1.82, 2.24) is 4.90 Å². The molecule has 0 aromatic heterocycles. The number of carbonyl (C=O) groups excluding carboxylic acids is 1. The summed E-state index contributed by atoms with van der Waals surface area (Å²) in [6.45, 7) is 11.7. The van der Waals surface area contributed by atoms with E-state index in [2.05, 4.69) is 18.7 Å². The molecule has 84 valence electrons. The fraction of sp³-hybridized carbons (Fsp3) is 0.917. The Kier molecular flexibility index (Phi) is 7.77. The van der Waals surface area contributed by atoms with Crippen molar-refractivity contribution in [2.45, 2.75) is 47.0 Å². The molecule has 0 spiro atoms. The van der Waals surface area contributed by atoms with Gasteiger partial charge in [0, 0.05) is 12.3 Å². The van der Waals surface area contributed by atoms with Crippen molar-refractivity contribution < 1.29 is 4.79 Å². The molecule has 0 unspecified atom stereocenters. The Bertz CT molecular complexity index is 154. The molecule has 0 fully saturated rings. The van der Waals surface area contributed by atoms with Crippen LogP contribution in [0.15, 0.2) is 0 Å². The number of nitrogens with zero attached hydrogens (tertiary/aromatic N) is 1. The first kappa shape index (κ1) is 13.6. The number of hydrogen-bond donors (Lipinski definition) is 0. The second-order valence-electron chi connectivity index (χ2n) is 4.16. The van der Waals surface area contributed by atoms with Gasteiger partial charge in [-0.3, -0.25) is 4.79 Å². The standard InChI is InChI=1S/C12H25NO/c1-5-9-13(6-2)10-7-8-12(14)11(3)4/h11H,5-10H2,1-4H3. The largest absolute Gasteiger partial charge is 0.304 e. The van der Waals surface area contributed by atoms with Crippen molar-refractivity contribution >= 4 is 5.78 Å². The molecule has 0 N–H and O–H groups in total. The maximum atomic E-state index is 11.4. The maximum Gasteiger partial charge on any atom is 0.135 e. The van der Waals surface area contributed by atoms with Crippen molar-refractivity contribution in [3.8, 4) is 0 Å². The summed E-state index contributed by atoms with van der Waals surface area (Å²) >= 11 is 0. The lowest BCUT2D eigenvalue weighted by atomic mass is 10.0. The normalized spacial score (nSPS) is 11.3. The Labute approximate surface area is 88.7 Å². The Morgan fingerprint density at radius 3 is 2.29 bits per heavy atom. The van der Waals surface area contributed by atoms with Gasteiger partial charge in [-0.2, -0.15) is 0 Å². The Morgan fingerprint density at radius 2 is 1.86 bits per heavy atom. The highest BCUT2D eigenvalue weighted by molar-refractivity contribution is 5.80. The predicted molar refractivity (Wildman–Crippen MR) is 61.5 cm³/mol. The van der Waals surface area contributed by atoms with Crippen LogP contribution in [0, 0.1) is 5.92 Å². The van der Waals surface area contributed by atoms with E-state index in [1.165, 1.54) is 6.42 Å². The number of ketones is 1. The minimum Gasteiger partial charge on any atom is -0.304 e. The highest BCUT2D eigenvalue weighted by Gasteiger charge is 2.07. The van der Waals surface area contributed by atoms with Gasteiger partial charge in [0.2, 0.25) is 0 Å². The second-order valence-corrected chi connectivity index (χ2v) is 4.16. The van der Waals surface area contributed by atoms with Gasteiger partial charge in [0.15, 0.2) is 0 Å². The molecule has 0 aliphatic rings. The van der Waals surface area contributed by atoms with Gasteiger partial charge >= 0.3 is 0 Å². The third kappa shape index (κ3) is 6.14. The molecule has 0 saturated heterocycles. The summed E-state index contributed by atoms with van der Waals surface area (Å²) in [6, 6.07) is 0. The molecular formula is C12H25NO. The van der Waals surface area contributed by atoms with E-state index in [-0.39, 0.29) is 5.92 Å². The van der Waals surface area contributed by atoms with Crippen LogP contribution in [0.25, 0.3) is 0 Å². The molecule has 0 aliphatic heterocycles. The molecule has 14 heavy (non-hydrogen) atoms. The zero-order valence-corrected chi connectivity index (χ0v) is 10.2. The number of carbonyl (C=O) groups is 1. The third-order valence-corrected chi connectivity index (χ3v) is 2.53. The number of rotatable bonds is 8. The number of hydrogen-bond acceptors (Lipinski definition) is 2. The molecule has 0 radical (unpaired) electrons. The first-order chi connectivity index (χ1) is 6.61. The molecule has 0 saturated carbocycles. The molecule has 0 amide bonds. The lowest BCUT2D eigenvalue weighted by molar-refractivity contribution is -0.122. The van der Waals surface area contributed by atoms with E-state index in [1.807, 2.05) is 13.8 Å². The number of Topliss-reactive ketones (excluding diaryl/α,β-unsaturated/α-hetero) is 1. The van der Waals surface area contributed by atoms with E-state index >= 15 is 0 Å². The van der Waals surface area contributed by atoms with Crippen LogP contribution in [0.1, 0.15) is 47.0 Å². The van der Waals surface area contributed by atoms with E-state index in [0.717, 1.165) is 32.5 Å². The Hall–Kier alpha value is -0.370. The van der Waals surface area contributed by atoms with Gasteiger partial charge in [0.25, 0.3) is 0 Å². The second kappa shape index (κ2) is 7.98. The lowest BCUT2D eigenvalue weighted by Gasteiger charge is -2.19.